The van der Waals surface area contributed by atoms with Crippen LogP contribution < -0.4 is 14.4 Å². The molecule has 0 N–H and O–H groups in total. The second kappa shape index (κ2) is 13.1. The van der Waals surface area contributed by atoms with E-state index >= 15 is 0 Å². The highest BCUT2D eigenvalue weighted by molar-refractivity contribution is 8.18. The molecular weight excluding hydrogens is 658 g/mol. The number of fused-ring (bicyclic) bond motifs is 1. The lowest BCUT2D eigenvalue weighted by molar-refractivity contribution is -0.143. The van der Waals surface area contributed by atoms with Crippen molar-refractivity contribution in [1.29, 1.82) is 0 Å². The van der Waals surface area contributed by atoms with Gasteiger partial charge >= 0.3 is 12.4 Å². The molecule has 0 bridgehead atoms. The van der Waals surface area contributed by atoms with Crippen LogP contribution in [0.4, 0.5) is 32.0 Å². The van der Waals surface area contributed by atoms with Crippen molar-refractivity contribution >= 4 is 45.5 Å². The number of benzene rings is 3. The van der Waals surface area contributed by atoms with E-state index in [1.165, 1.54) is 24.9 Å². The van der Waals surface area contributed by atoms with Crippen molar-refractivity contribution < 1.29 is 40.6 Å². The number of carbonyl (C=O) groups excluding carboxylic acids is 1. The Morgan fingerprint density at radius 1 is 0.875 bits per heavy atom. The number of aryl methyl sites for hydroxylation is 1. The number of hydrogen-bond acceptors (Lipinski definition) is 7. The van der Waals surface area contributed by atoms with E-state index in [0.717, 1.165) is 41.4 Å². The van der Waals surface area contributed by atoms with Gasteiger partial charge in [0, 0.05) is 48.5 Å². The Hall–Kier alpha value is -4.72. The summed E-state index contributed by atoms with van der Waals surface area (Å²) in [7, 11) is 1.34. The number of carbonyl (C=O) groups is 1. The third kappa shape index (κ3) is 7.08. The number of hydrogen-bond donors (Lipinski definition) is 0. The van der Waals surface area contributed by atoms with Crippen molar-refractivity contribution in [3.05, 3.63) is 99.6 Å². The molecule has 2 aliphatic rings. The lowest BCUT2D eigenvalue weighted by Crippen LogP contribution is -2.48. The van der Waals surface area contributed by atoms with Gasteiger partial charge in [-0.05, 0) is 66.7 Å². The average molecular weight is 687 g/mol. The molecule has 0 saturated carbocycles. The van der Waals surface area contributed by atoms with Crippen LogP contribution in [0.2, 0.25) is 0 Å². The topological polar surface area (TPSA) is 67.3 Å². The van der Waals surface area contributed by atoms with Crippen LogP contribution >= 0.6 is 11.8 Å². The fourth-order valence-corrected chi connectivity index (χ4v) is 6.53. The van der Waals surface area contributed by atoms with E-state index in [9.17, 15) is 31.1 Å². The predicted molar refractivity (Wildman–Crippen MR) is 172 cm³/mol. The number of alkyl halides is 6. The van der Waals surface area contributed by atoms with Crippen LogP contribution in [0, 0.1) is 6.92 Å². The van der Waals surface area contributed by atoms with E-state index in [1.54, 1.807) is 18.2 Å². The van der Waals surface area contributed by atoms with Crippen LogP contribution in [0.3, 0.4) is 0 Å². The van der Waals surface area contributed by atoms with Crippen LogP contribution in [0.15, 0.2) is 76.6 Å². The Kier molecular flexibility index (Phi) is 9.03. The van der Waals surface area contributed by atoms with Gasteiger partial charge in [-0.25, -0.2) is 0 Å². The highest BCUT2D eigenvalue weighted by atomic mass is 32.2. The molecule has 3 heterocycles. The van der Waals surface area contributed by atoms with Crippen molar-refractivity contribution in [2.45, 2.75) is 25.9 Å². The summed E-state index contributed by atoms with van der Waals surface area (Å²) in [6.45, 7) is 4.11. The zero-order chi connectivity index (χ0) is 34.2. The second-order valence-corrected chi connectivity index (χ2v) is 12.2. The molecule has 0 radical (unpaired) electrons. The van der Waals surface area contributed by atoms with E-state index in [2.05, 4.69) is 31.9 Å². The van der Waals surface area contributed by atoms with Gasteiger partial charge in [0.05, 0.1) is 28.7 Å². The Bertz CT molecular complexity index is 1930. The number of aliphatic imine (C=N–C) groups is 1. The molecule has 1 saturated heterocycles. The summed E-state index contributed by atoms with van der Waals surface area (Å²) in [5.74, 6) is -0.157. The van der Waals surface area contributed by atoms with E-state index in [-0.39, 0.29) is 17.6 Å². The molecule has 1 aromatic heterocycles. The molecule has 6 rings (SSSR count). The molecule has 250 valence electrons. The molecule has 7 nitrogen and oxygen atoms in total. The summed E-state index contributed by atoms with van der Waals surface area (Å²) in [5, 5.41) is 1.69. The number of para-hydroxylation sites is 1. The van der Waals surface area contributed by atoms with Crippen LogP contribution in [0.25, 0.3) is 17.0 Å². The monoisotopic (exact) mass is 686 g/mol. The first-order valence-corrected chi connectivity index (χ1v) is 15.6. The number of amidine groups is 1. The number of piperazine rings is 1. The van der Waals surface area contributed by atoms with Gasteiger partial charge in [0.25, 0.3) is 5.91 Å². The first-order chi connectivity index (χ1) is 22.8. The standard InChI is InChI=1S/C34H28F6N4O3S/c1-20-15-27(24-5-3-4-6-26(24)41-20)43-11-13-44(14-12-43)32-42-31(45)30(48-32)17-21-7-10-28(29(16-21)46-2)47-19-22-8-9-23(33(35,36)37)18-25(22)34(38,39)40/h3-10,15-18H,11-14,19H2,1-2H3. The maximum absolute atomic E-state index is 13.6. The number of nitrogens with zero attached hydrogens (tertiary/aromatic N) is 4. The number of rotatable bonds is 6. The zero-order valence-electron chi connectivity index (χ0n) is 25.7. The fraction of sp³-hybridized carbons (Fsp3) is 0.265. The summed E-state index contributed by atoms with van der Waals surface area (Å²) in [6.07, 6.45) is -8.31. The molecule has 2 aliphatic heterocycles. The highest BCUT2D eigenvalue weighted by Gasteiger charge is 2.38. The second-order valence-electron chi connectivity index (χ2n) is 11.2. The van der Waals surface area contributed by atoms with Crippen molar-refractivity contribution in [3.63, 3.8) is 0 Å². The number of anilines is 1. The van der Waals surface area contributed by atoms with Crippen molar-refractivity contribution in [1.82, 2.24) is 9.88 Å². The molecule has 0 atom stereocenters. The molecule has 1 amide bonds. The Labute approximate surface area is 275 Å². The molecule has 3 aromatic carbocycles. The van der Waals surface area contributed by atoms with Gasteiger partial charge in [0.15, 0.2) is 16.7 Å². The predicted octanol–water partition coefficient (Wildman–Crippen LogP) is 7.96. The van der Waals surface area contributed by atoms with Gasteiger partial charge < -0.3 is 19.3 Å². The number of amides is 1. The normalized spacial score (nSPS) is 16.5. The number of ether oxygens (including phenoxy) is 2. The summed E-state index contributed by atoms with van der Waals surface area (Å²) in [4.78, 5) is 26.5. The number of pyridine rings is 1. The number of aromatic nitrogens is 1. The SMILES string of the molecule is COc1cc(C=C2SC(N3CCN(c4cc(C)nc5ccccc45)CC3)=NC2=O)ccc1OCc1ccc(C(F)(F)F)cc1C(F)(F)F. The molecule has 0 aliphatic carbocycles. The molecule has 48 heavy (non-hydrogen) atoms. The Morgan fingerprint density at radius 2 is 1.60 bits per heavy atom. The minimum absolute atomic E-state index is 0.0708. The van der Waals surface area contributed by atoms with Gasteiger partial charge in [-0.3, -0.25) is 9.78 Å². The molecule has 4 aromatic rings. The van der Waals surface area contributed by atoms with E-state index in [0.29, 0.717) is 34.8 Å². The third-order valence-corrected chi connectivity index (χ3v) is 8.98. The summed E-state index contributed by atoms with van der Waals surface area (Å²) in [5.41, 5.74) is 0.249. The van der Waals surface area contributed by atoms with Gasteiger partial charge in [0.2, 0.25) is 0 Å². The maximum atomic E-state index is 13.6. The summed E-state index contributed by atoms with van der Waals surface area (Å²) >= 11 is 1.25. The average Bonchev–Trinajstić information content (AvgIpc) is 3.42. The zero-order valence-corrected chi connectivity index (χ0v) is 26.5. The molecule has 14 heteroatoms. The lowest BCUT2D eigenvalue weighted by atomic mass is 10.0. The Morgan fingerprint density at radius 3 is 2.31 bits per heavy atom. The lowest BCUT2D eigenvalue weighted by Gasteiger charge is -2.37. The molecule has 0 unspecified atom stereocenters. The number of methoxy groups -OCH3 is 1. The van der Waals surface area contributed by atoms with Crippen molar-refractivity contribution in [3.8, 4) is 11.5 Å². The van der Waals surface area contributed by atoms with Gasteiger partial charge in [-0.1, -0.05) is 30.3 Å². The maximum Gasteiger partial charge on any atom is 0.416 e. The van der Waals surface area contributed by atoms with Crippen molar-refractivity contribution in [2.24, 2.45) is 4.99 Å². The minimum Gasteiger partial charge on any atom is -0.493 e. The van der Waals surface area contributed by atoms with Crippen LogP contribution in [0.1, 0.15) is 27.9 Å². The highest BCUT2D eigenvalue weighted by Crippen LogP contribution is 2.39. The largest absolute Gasteiger partial charge is 0.493 e. The first kappa shape index (κ1) is 33.2. The van der Waals surface area contributed by atoms with E-state index in [4.69, 9.17) is 9.47 Å². The van der Waals surface area contributed by atoms with Crippen molar-refractivity contribution in [2.75, 3.05) is 38.2 Å². The molecular formula is C34H28F6N4O3S. The van der Waals surface area contributed by atoms with Gasteiger partial charge in [0.1, 0.15) is 6.61 Å². The quantitative estimate of drug-likeness (QED) is 0.151. The van der Waals surface area contributed by atoms with Crippen LogP contribution in [0.5, 0.6) is 11.5 Å². The van der Waals surface area contributed by atoms with Gasteiger partial charge in [-0.15, -0.1) is 0 Å². The van der Waals surface area contributed by atoms with Gasteiger partial charge in [-0.2, -0.15) is 31.3 Å². The van der Waals surface area contributed by atoms with E-state index in [1.807, 2.05) is 25.1 Å². The minimum atomic E-state index is -5.02. The summed E-state index contributed by atoms with van der Waals surface area (Å²) in [6, 6.07) is 16.1. The number of thioether (sulfide) groups is 1. The number of halogens is 6. The summed E-state index contributed by atoms with van der Waals surface area (Å²) < 4.78 is 90.7. The van der Waals surface area contributed by atoms with Crippen LogP contribution in [-0.4, -0.2) is 54.2 Å². The molecule has 0 spiro atoms. The Balaban J connectivity index is 1.11. The molecule has 1 fully saturated rings. The first-order valence-electron chi connectivity index (χ1n) is 14.8. The smallest absolute Gasteiger partial charge is 0.416 e. The fourth-order valence-electron chi connectivity index (χ4n) is 5.56. The van der Waals surface area contributed by atoms with E-state index < -0.39 is 41.6 Å². The third-order valence-electron chi connectivity index (χ3n) is 7.93. The van der Waals surface area contributed by atoms with Crippen LogP contribution in [-0.2, 0) is 23.8 Å².